The first-order chi connectivity index (χ1) is 12.8. The molecule has 0 spiro atoms. The van der Waals surface area contributed by atoms with E-state index in [9.17, 15) is 26.4 Å². The fourth-order valence-corrected chi connectivity index (χ4v) is 3.20. The summed E-state index contributed by atoms with van der Waals surface area (Å²) in [4.78, 5) is 11.8. The highest BCUT2D eigenvalue weighted by molar-refractivity contribution is 7.92. The lowest BCUT2D eigenvalue weighted by Gasteiger charge is -2.20. The van der Waals surface area contributed by atoms with Crippen LogP contribution < -0.4 is 14.8 Å². The van der Waals surface area contributed by atoms with E-state index in [0.29, 0.717) is 5.56 Å². The first kappa shape index (κ1) is 21.5. The molecule has 0 bridgehead atoms. The molecule has 0 saturated heterocycles. The standard InChI is InChI=1S/C18H19F3N2O4S/c1-17(2,3)22-16(24)12-4-6-13(7-5-12)23-28(25,26)15-10-8-14(9-11-15)27-18(19,20)21/h4-11,23H,1-3H3,(H,22,24). The first-order valence-electron chi connectivity index (χ1n) is 8.06. The minimum Gasteiger partial charge on any atom is -0.406 e. The molecule has 0 unspecified atom stereocenters. The van der Waals surface area contributed by atoms with Crippen molar-refractivity contribution in [1.82, 2.24) is 5.32 Å². The van der Waals surface area contributed by atoms with E-state index < -0.39 is 27.7 Å². The smallest absolute Gasteiger partial charge is 0.406 e. The van der Waals surface area contributed by atoms with Crippen LogP contribution in [0.5, 0.6) is 5.75 Å². The number of benzene rings is 2. The molecule has 2 N–H and O–H groups in total. The van der Waals surface area contributed by atoms with Gasteiger partial charge in [-0.15, -0.1) is 13.2 Å². The van der Waals surface area contributed by atoms with Gasteiger partial charge in [0.2, 0.25) is 0 Å². The van der Waals surface area contributed by atoms with Crippen LogP contribution in [-0.4, -0.2) is 26.2 Å². The maximum atomic E-state index is 12.4. The molecule has 0 aromatic heterocycles. The number of carbonyl (C=O) groups excluding carboxylic acids is 1. The number of carbonyl (C=O) groups is 1. The van der Waals surface area contributed by atoms with Gasteiger partial charge in [0, 0.05) is 16.8 Å². The fraction of sp³-hybridized carbons (Fsp3) is 0.278. The van der Waals surface area contributed by atoms with Crippen molar-refractivity contribution in [1.29, 1.82) is 0 Å². The predicted molar refractivity (Wildman–Crippen MR) is 97.6 cm³/mol. The average molecular weight is 416 g/mol. The van der Waals surface area contributed by atoms with Crippen molar-refractivity contribution in [2.24, 2.45) is 0 Å². The van der Waals surface area contributed by atoms with Crippen LogP contribution >= 0.6 is 0 Å². The Labute approximate surface area is 160 Å². The third-order valence-electron chi connectivity index (χ3n) is 3.26. The maximum absolute atomic E-state index is 12.4. The Morgan fingerprint density at radius 3 is 1.93 bits per heavy atom. The molecule has 0 atom stereocenters. The van der Waals surface area contributed by atoms with Gasteiger partial charge in [0.1, 0.15) is 5.75 Å². The van der Waals surface area contributed by atoms with Crippen molar-refractivity contribution >= 4 is 21.6 Å². The highest BCUT2D eigenvalue weighted by atomic mass is 32.2. The van der Waals surface area contributed by atoms with E-state index in [-0.39, 0.29) is 16.5 Å². The molecular weight excluding hydrogens is 397 g/mol. The summed E-state index contributed by atoms with van der Waals surface area (Å²) in [5.74, 6) is -0.831. The number of sulfonamides is 1. The summed E-state index contributed by atoms with van der Waals surface area (Å²) in [5, 5.41) is 2.78. The molecule has 0 heterocycles. The molecule has 28 heavy (non-hydrogen) atoms. The van der Waals surface area contributed by atoms with Crippen molar-refractivity contribution in [3.8, 4) is 5.75 Å². The zero-order chi connectivity index (χ0) is 21.2. The number of hydrogen-bond donors (Lipinski definition) is 2. The van der Waals surface area contributed by atoms with Gasteiger partial charge < -0.3 is 10.1 Å². The van der Waals surface area contributed by atoms with Crippen molar-refractivity contribution in [2.75, 3.05) is 4.72 Å². The van der Waals surface area contributed by atoms with Crippen LogP contribution in [0.3, 0.4) is 0 Å². The summed E-state index contributed by atoms with van der Waals surface area (Å²) in [6, 6.07) is 9.54. The summed E-state index contributed by atoms with van der Waals surface area (Å²) >= 11 is 0. The van der Waals surface area contributed by atoms with Gasteiger partial charge >= 0.3 is 6.36 Å². The molecule has 2 aromatic carbocycles. The van der Waals surface area contributed by atoms with Crippen molar-refractivity contribution in [3.05, 3.63) is 54.1 Å². The van der Waals surface area contributed by atoms with Crippen LogP contribution in [0.15, 0.2) is 53.4 Å². The molecule has 0 saturated carbocycles. The van der Waals surface area contributed by atoms with Gasteiger partial charge in [-0.25, -0.2) is 8.42 Å². The number of rotatable bonds is 5. The molecular formula is C18H19F3N2O4S. The van der Waals surface area contributed by atoms with Gasteiger partial charge in [0.15, 0.2) is 0 Å². The Hall–Kier alpha value is -2.75. The quantitative estimate of drug-likeness (QED) is 0.774. The van der Waals surface area contributed by atoms with Crippen LogP contribution in [0.2, 0.25) is 0 Å². The molecule has 2 rings (SSSR count). The van der Waals surface area contributed by atoms with Crippen LogP contribution in [0.25, 0.3) is 0 Å². The number of anilines is 1. The minimum absolute atomic E-state index is 0.197. The van der Waals surface area contributed by atoms with Crippen LogP contribution in [0.4, 0.5) is 18.9 Å². The zero-order valence-electron chi connectivity index (χ0n) is 15.3. The van der Waals surface area contributed by atoms with Gasteiger partial charge in [-0.2, -0.15) is 0 Å². The van der Waals surface area contributed by atoms with E-state index in [4.69, 9.17) is 0 Å². The molecule has 2 aromatic rings. The number of nitrogens with one attached hydrogen (secondary N) is 2. The van der Waals surface area contributed by atoms with Gasteiger partial charge in [-0.05, 0) is 69.3 Å². The lowest BCUT2D eigenvalue weighted by atomic mass is 10.1. The minimum atomic E-state index is -4.86. The predicted octanol–water partition coefficient (Wildman–Crippen LogP) is 3.91. The number of hydrogen-bond acceptors (Lipinski definition) is 4. The summed E-state index contributed by atoms with van der Waals surface area (Å²) in [5.41, 5.74) is 0.133. The third kappa shape index (κ3) is 6.45. The number of amides is 1. The topological polar surface area (TPSA) is 84.5 Å². The SMILES string of the molecule is CC(C)(C)NC(=O)c1ccc(NS(=O)(=O)c2ccc(OC(F)(F)F)cc2)cc1. The second kappa shape index (κ2) is 7.70. The molecule has 1 amide bonds. The Morgan fingerprint density at radius 1 is 0.929 bits per heavy atom. The van der Waals surface area contributed by atoms with E-state index in [1.807, 2.05) is 20.8 Å². The van der Waals surface area contributed by atoms with E-state index in [2.05, 4.69) is 14.8 Å². The molecule has 6 nitrogen and oxygen atoms in total. The Balaban J connectivity index is 2.10. The zero-order valence-corrected chi connectivity index (χ0v) is 16.1. The fourth-order valence-electron chi connectivity index (χ4n) is 2.14. The van der Waals surface area contributed by atoms with Gasteiger partial charge in [0.25, 0.3) is 15.9 Å². The summed E-state index contributed by atoms with van der Waals surface area (Å²) in [7, 11) is -4.02. The monoisotopic (exact) mass is 416 g/mol. The highest BCUT2D eigenvalue weighted by Crippen LogP contribution is 2.25. The number of alkyl halides is 3. The van der Waals surface area contributed by atoms with E-state index >= 15 is 0 Å². The summed E-state index contributed by atoms with van der Waals surface area (Å²) < 4.78 is 67.2. The van der Waals surface area contributed by atoms with Crippen LogP contribution in [0, 0.1) is 0 Å². The van der Waals surface area contributed by atoms with Crippen molar-refractivity contribution < 1.29 is 31.1 Å². The van der Waals surface area contributed by atoms with Gasteiger partial charge in [-0.1, -0.05) is 0 Å². The number of halogens is 3. The van der Waals surface area contributed by atoms with Crippen LogP contribution in [0.1, 0.15) is 31.1 Å². The van der Waals surface area contributed by atoms with Crippen molar-refractivity contribution in [2.45, 2.75) is 37.6 Å². The normalized spacial score (nSPS) is 12.4. The lowest BCUT2D eigenvalue weighted by Crippen LogP contribution is -2.40. The molecule has 0 radical (unpaired) electrons. The largest absolute Gasteiger partial charge is 0.573 e. The van der Waals surface area contributed by atoms with E-state index in [1.165, 1.54) is 24.3 Å². The second-order valence-electron chi connectivity index (χ2n) is 6.91. The first-order valence-corrected chi connectivity index (χ1v) is 9.55. The molecule has 0 aliphatic rings. The molecule has 10 heteroatoms. The molecule has 152 valence electrons. The van der Waals surface area contributed by atoms with E-state index in [0.717, 1.165) is 24.3 Å². The van der Waals surface area contributed by atoms with Gasteiger partial charge in [-0.3, -0.25) is 9.52 Å². The Morgan fingerprint density at radius 2 is 1.46 bits per heavy atom. The molecule has 0 aliphatic carbocycles. The highest BCUT2D eigenvalue weighted by Gasteiger charge is 2.31. The van der Waals surface area contributed by atoms with Crippen molar-refractivity contribution in [3.63, 3.8) is 0 Å². The average Bonchev–Trinajstić information content (AvgIpc) is 2.52. The maximum Gasteiger partial charge on any atom is 0.573 e. The van der Waals surface area contributed by atoms with Crippen LogP contribution in [-0.2, 0) is 10.0 Å². The third-order valence-corrected chi connectivity index (χ3v) is 4.65. The lowest BCUT2D eigenvalue weighted by molar-refractivity contribution is -0.274. The molecule has 0 fully saturated rings. The summed E-state index contributed by atoms with van der Waals surface area (Å²) in [6.07, 6.45) is -4.86. The second-order valence-corrected chi connectivity index (χ2v) is 8.59. The number of ether oxygens (including phenoxy) is 1. The Bertz CT molecular complexity index is 933. The Kier molecular flexibility index (Phi) is 5.93. The summed E-state index contributed by atoms with van der Waals surface area (Å²) in [6.45, 7) is 5.50. The van der Waals surface area contributed by atoms with E-state index in [1.54, 1.807) is 0 Å². The molecule has 0 aliphatic heterocycles. The van der Waals surface area contributed by atoms with Gasteiger partial charge in [0.05, 0.1) is 4.90 Å².